The molecule has 32 heavy (non-hydrogen) atoms. The monoisotopic (exact) mass is 430 g/mol. The van der Waals surface area contributed by atoms with Gasteiger partial charge in [0.05, 0.1) is 5.52 Å². The van der Waals surface area contributed by atoms with Gasteiger partial charge in [0.25, 0.3) is 0 Å². The predicted molar refractivity (Wildman–Crippen MR) is 134 cm³/mol. The second-order valence-electron chi connectivity index (χ2n) is 9.48. The molecule has 6 nitrogen and oxygen atoms in total. The van der Waals surface area contributed by atoms with Gasteiger partial charge in [0.1, 0.15) is 0 Å². The van der Waals surface area contributed by atoms with Crippen LogP contribution in [0.4, 0.5) is 23.0 Å². The first-order valence-corrected chi connectivity index (χ1v) is 11.8. The molecule has 2 aliphatic rings. The molecule has 1 aliphatic heterocycles. The van der Waals surface area contributed by atoms with Gasteiger partial charge < -0.3 is 20.4 Å². The van der Waals surface area contributed by atoms with Gasteiger partial charge in [-0.05, 0) is 68.6 Å². The zero-order valence-electron chi connectivity index (χ0n) is 19.5. The number of aromatic nitrogens is 2. The Balaban J connectivity index is 1.45. The third-order valence-electron chi connectivity index (χ3n) is 7.31. The van der Waals surface area contributed by atoms with Gasteiger partial charge in [-0.2, -0.15) is 0 Å². The summed E-state index contributed by atoms with van der Waals surface area (Å²) in [5.74, 6) is 1.23. The van der Waals surface area contributed by atoms with E-state index < -0.39 is 0 Å². The minimum atomic E-state index is 0.508. The summed E-state index contributed by atoms with van der Waals surface area (Å²) in [5, 5.41) is 1.11. The van der Waals surface area contributed by atoms with Crippen LogP contribution in [0.2, 0.25) is 0 Å². The molecular formula is C26H34N6. The van der Waals surface area contributed by atoms with E-state index in [2.05, 4.69) is 59.0 Å². The summed E-state index contributed by atoms with van der Waals surface area (Å²) in [6, 6.07) is 10.9. The maximum Gasteiger partial charge on any atom is 0.230 e. The van der Waals surface area contributed by atoms with Gasteiger partial charge in [-0.25, -0.2) is 9.97 Å². The van der Waals surface area contributed by atoms with Crippen molar-refractivity contribution in [3.63, 3.8) is 0 Å². The van der Waals surface area contributed by atoms with Crippen molar-refractivity contribution in [2.24, 2.45) is 0 Å². The Morgan fingerprint density at radius 1 is 1.03 bits per heavy atom. The van der Waals surface area contributed by atoms with E-state index in [9.17, 15) is 0 Å². The number of nitrogen functional groups attached to an aromatic ring is 1. The van der Waals surface area contributed by atoms with E-state index in [1.807, 2.05) is 13.2 Å². The lowest BCUT2D eigenvalue weighted by Crippen LogP contribution is -2.44. The number of fused-ring (bicyclic) bond motifs is 1. The molecule has 0 spiro atoms. The number of hydrogen-bond donors (Lipinski definition) is 1. The summed E-state index contributed by atoms with van der Waals surface area (Å²) >= 11 is 0. The Labute approximate surface area is 191 Å². The smallest absolute Gasteiger partial charge is 0.230 e. The van der Waals surface area contributed by atoms with Crippen LogP contribution in [0.15, 0.2) is 36.5 Å². The summed E-state index contributed by atoms with van der Waals surface area (Å²) in [5.41, 5.74) is 13.2. The molecule has 1 saturated carbocycles. The molecular weight excluding hydrogens is 396 g/mol. The molecule has 1 saturated heterocycles. The predicted octanol–water partition coefficient (Wildman–Crippen LogP) is 4.70. The number of benzene rings is 2. The van der Waals surface area contributed by atoms with Gasteiger partial charge in [0.2, 0.25) is 5.95 Å². The summed E-state index contributed by atoms with van der Waals surface area (Å²) in [7, 11) is 4.23. The minimum absolute atomic E-state index is 0.508. The summed E-state index contributed by atoms with van der Waals surface area (Å²) in [6.45, 7) is 6.46. The van der Waals surface area contributed by atoms with Crippen LogP contribution in [0.3, 0.4) is 0 Å². The van der Waals surface area contributed by atoms with Crippen molar-refractivity contribution in [3.8, 4) is 0 Å². The first-order valence-electron chi connectivity index (χ1n) is 11.8. The number of anilines is 4. The Hall–Kier alpha value is -2.86. The second kappa shape index (κ2) is 8.58. The van der Waals surface area contributed by atoms with Crippen molar-refractivity contribution >= 4 is 33.9 Å². The largest absolute Gasteiger partial charge is 0.398 e. The summed E-state index contributed by atoms with van der Waals surface area (Å²) in [6.07, 6.45) is 6.92. The molecule has 0 atom stereocenters. The topological polar surface area (TPSA) is 61.5 Å². The number of rotatable bonds is 4. The van der Waals surface area contributed by atoms with Gasteiger partial charge in [0.15, 0.2) is 0 Å². The molecule has 0 unspecified atom stereocenters. The molecule has 1 aromatic heterocycles. The van der Waals surface area contributed by atoms with Crippen LogP contribution in [0, 0.1) is 6.92 Å². The SMILES string of the molecule is Cc1cc(N)c(C2CCCC2)c2nc(N(C)c3ccc(N4CCN(C)CC4)cc3)ncc12. The fraction of sp³-hybridized carbons (Fsp3) is 0.462. The van der Waals surface area contributed by atoms with Crippen LogP contribution in [0.1, 0.15) is 42.7 Å². The molecule has 6 heteroatoms. The van der Waals surface area contributed by atoms with Crippen molar-refractivity contribution in [1.29, 1.82) is 0 Å². The Morgan fingerprint density at radius 2 is 1.72 bits per heavy atom. The second-order valence-corrected chi connectivity index (χ2v) is 9.48. The number of piperazine rings is 1. The molecule has 2 aromatic carbocycles. The fourth-order valence-corrected chi connectivity index (χ4v) is 5.26. The maximum absolute atomic E-state index is 6.52. The number of aryl methyl sites for hydroxylation is 1. The average Bonchev–Trinajstić information content (AvgIpc) is 3.33. The van der Waals surface area contributed by atoms with Crippen LogP contribution in [0.5, 0.6) is 0 Å². The molecule has 2 heterocycles. The number of nitrogens with two attached hydrogens (primary N) is 1. The first-order chi connectivity index (χ1) is 15.5. The van der Waals surface area contributed by atoms with Crippen LogP contribution < -0.4 is 15.5 Å². The molecule has 2 fully saturated rings. The number of hydrogen-bond acceptors (Lipinski definition) is 6. The highest BCUT2D eigenvalue weighted by Crippen LogP contribution is 2.41. The van der Waals surface area contributed by atoms with Crippen molar-refractivity contribution in [3.05, 3.63) is 47.7 Å². The molecule has 3 aromatic rings. The Bertz CT molecular complexity index is 1100. The molecule has 168 valence electrons. The van der Waals surface area contributed by atoms with E-state index in [1.54, 1.807) is 0 Å². The van der Waals surface area contributed by atoms with Gasteiger partial charge in [0, 0.05) is 67.4 Å². The van der Waals surface area contributed by atoms with Crippen LogP contribution in [-0.4, -0.2) is 55.1 Å². The molecule has 0 radical (unpaired) electrons. The third kappa shape index (κ3) is 3.88. The highest BCUT2D eigenvalue weighted by atomic mass is 15.3. The molecule has 1 aliphatic carbocycles. The van der Waals surface area contributed by atoms with Gasteiger partial charge >= 0.3 is 0 Å². The molecule has 2 N–H and O–H groups in total. The number of likely N-dealkylation sites (N-methyl/N-ethyl adjacent to an activating group) is 1. The fourth-order valence-electron chi connectivity index (χ4n) is 5.26. The zero-order valence-corrected chi connectivity index (χ0v) is 19.5. The van der Waals surface area contributed by atoms with Crippen molar-refractivity contribution in [1.82, 2.24) is 14.9 Å². The first kappa shape index (κ1) is 21.0. The summed E-state index contributed by atoms with van der Waals surface area (Å²) < 4.78 is 0. The zero-order chi connectivity index (χ0) is 22.2. The van der Waals surface area contributed by atoms with E-state index in [0.29, 0.717) is 11.9 Å². The van der Waals surface area contributed by atoms with E-state index in [1.165, 1.54) is 36.9 Å². The van der Waals surface area contributed by atoms with Gasteiger partial charge in [-0.15, -0.1) is 0 Å². The number of nitrogens with zero attached hydrogens (tertiary/aromatic N) is 5. The highest BCUT2D eigenvalue weighted by molar-refractivity contribution is 5.90. The van der Waals surface area contributed by atoms with E-state index in [0.717, 1.165) is 54.0 Å². The lowest BCUT2D eigenvalue weighted by Gasteiger charge is -2.34. The third-order valence-corrected chi connectivity index (χ3v) is 7.31. The molecule has 0 bridgehead atoms. The van der Waals surface area contributed by atoms with E-state index >= 15 is 0 Å². The normalized spacial score (nSPS) is 17.9. The molecule has 5 rings (SSSR count). The Morgan fingerprint density at radius 3 is 2.41 bits per heavy atom. The quantitative estimate of drug-likeness (QED) is 0.606. The van der Waals surface area contributed by atoms with Gasteiger partial charge in [-0.1, -0.05) is 12.8 Å². The minimum Gasteiger partial charge on any atom is -0.398 e. The standard InChI is InChI=1S/C26H34N6/c1-18-16-23(27)24(19-6-4-5-7-19)25-22(18)17-28-26(29-25)31(3)20-8-10-21(11-9-20)32-14-12-30(2)13-15-32/h8-11,16-17,19H,4-7,12-15,27H2,1-3H3. The lowest BCUT2D eigenvalue weighted by atomic mass is 9.92. The van der Waals surface area contributed by atoms with Crippen molar-refractivity contribution < 1.29 is 0 Å². The Kier molecular flexibility index (Phi) is 5.64. The van der Waals surface area contributed by atoms with Crippen LogP contribution >= 0.6 is 0 Å². The van der Waals surface area contributed by atoms with E-state index in [4.69, 9.17) is 15.7 Å². The molecule has 0 amide bonds. The maximum atomic E-state index is 6.52. The van der Waals surface area contributed by atoms with Gasteiger partial charge in [-0.3, -0.25) is 0 Å². The average molecular weight is 431 g/mol. The van der Waals surface area contributed by atoms with Crippen molar-refractivity contribution in [2.45, 2.75) is 38.5 Å². The lowest BCUT2D eigenvalue weighted by molar-refractivity contribution is 0.313. The highest BCUT2D eigenvalue weighted by Gasteiger charge is 2.24. The summed E-state index contributed by atoms with van der Waals surface area (Å²) in [4.78, 5) is 16.7. The van der Waals surface area contributed by atoms with Crippen molar-refractivity contribution in [2.75, 3.05) is 55.8 Å². The van der Waals surface area contributed by atoms with E-state index in [-0.39, 0.29) is 0 Å². The van der Waals surface area contributed by atoms with Crippen LogP contribution in [-0.2, 0) is 0 Å². The van der Waals surface area contributed by atoms with Crippen LogP contribution in [0.25, 0.3) is 10.9 Å².